The van der Waals surface area contributed by atoms with Crippen molar-refractivity contribution in [2.75, 3.05) is 18.1 Å². The Bertz CT molecular complexity index is 389. The van der Waals surface area contributed by atoms with Crippen molar-refractivity contribution in [2.45, 2.75) is 13.5 Å². The zero-order valence-corrected chi connectivity index (χ0v) is 10.2. The first-order chi connectivity index (χ1) is 7.64. The summed E-state index contributed by atoms with van der Waals surface area (Å²) >= 11 is 0. The molecule has 1 aromatic carbocycles. The Morgan fingerprint density at radius 1 is 1.25 bits per heavy atom. The van der Waals surface area contributed by atoms with E-state index in [1.807, 2.05) is 30.3 Å². The number of rotatable bonds is 7. The van der Waals surface area contributed by atoms with Gasteiger partial charge in [-0.15, -0.1) is 0 Å². The van der Waals surface area contributed by atoms with Crippen LogP contribution >= 0.6 is 0 Å². The average Bonchev–Trinajstić information content (AvgIpc) is 2.30. The Labute approximate surface area is 96.5 Å². The van der Waals surface area contributed by atoms with E-state index in [0.29, 0.717) is 13.2 Å². The fourth-order valence-corrected chi connectivity index (χ4v) is 1.81. The van der Waals surface area contributed by atoms with Gasteiger partial charge in [-0.3, -0.25) is 4.84 Å². The molecule has 0 bridgehead atoms. The summed E-state index contributed by atoms with van der Waals surface area (Å²) < 4.78 is 22.3. The average molecular weight is 243 g/mol. The van der Waals surface area contributed by atoms with Gasteiger partial charge in [0.05, 0.1) is 12.4 Å². The molecule has 5 heteroatoms. The summed E-state index contributed by atoms with van der Waals surface area (Å²) in [5.74, 6) is 0.283. The van der Waals surface area contributed by atoms with Gasteiger partial charge in [0, 0.05) is 12.3 Å². The lowest BCUT2D eigenvalue weighted by atomic mass is 10.2. The first-order valence-electron chi connectivity index (χ1n) is 5.23. The second-order valence-corrected chi connectivity index (χ2v) is 5.88. The number of hydrogen-bond donors (Lipinski definition) is 1. The Morgan fingerprint density at radius 2 is 1.94 bits per heavy atom. The molecule has 0 saturated carbocycles. The van der Waals surface area contributed by atoms with Crippen molar-refractivity contribution in [1.82, 2.24) is 5.48 Å². The first kappa shape index (κ1) is 13.2. The molecule has 0 aliphatic rings. The molecule has 1 rings (SSSR count). The molecule has 0 saturated heterocycles. The van der Waals surface area contributed by atoms with Crippen LogP contribution in [-0.4, -0.2) is 26.5 Å². The minimum Gasteiger partial charge on any atom is -0.297 e. The first-order valence-corrected chi connectivity index (χ1v) is 7.05. The highest BCUT2D eigenvalue weighted by molar-refractivity contribution is 7.91. The molecule has 0 fully saturated rings. The molecule has 16 heavy (non-hydrogen) atoms. The van der Waals surface area contributed by atoms with Crippen molar-refractivity contribution >= 4 is 9.84 Å². The van der Waals surface area contributed by atoms with Crippen LogP contribution in [0.3, 0.4) is 0 Å². The minimum absolute atomic E-state index is 0.109. The molecular formula is C11H17NO3S. The van der Waals surface area contributed by atoms with E-state index >= 15 is 0 Å². The van der Waals surface area contributed by atoms with Crippen molar-refractivity contribution < 1.29 is 13.3 Å². The smallest absolute Gasteiger partial charge is 0.151 e. The summed E-state index contributed by atoms with van der Waals surface area (Å²) in [4.78, 5) is 5.15. The van der Waals surface area contributed by atoms with Crippen LogP contribution in [0.4, 0.5) is 0 Å². The number of sulfone groups is 1. The van der Waals surface area contributed by atoms with Crippen LogP contribution in [0, 0.1) is 0 Å². The maximum atomic E-state index is 11.1. The highest BCUT2D eigenvalue weighted by Gasteiger charge is 2.05. The van der Waals surface area contributed by atoms with Crippen molar-refractivity contribution in [3.05, 3.63) is 35.9 Å². The topological polar surface area (TPSA) is 55.4 Å². The molecule has 0 aromatic heterocycles. The van der Waals surface area contributed by atoms with E-state index in [1.54, 1.807) is 6.92 Å². The SMILES string of the molecule is CCS(=O)(=O)CCNOCc1ccccc1. The van der Waals surface area contributed by atoms with Gasteiger partial charge in [0.15, 0.2) is 9.84 Å². The third kappa shape index (κ3) is 5.25. The van der Waals surface area contributed by atoms with E-state index in [4.69, 9.17) is 4.84 Å². The predicted octanol–water partition coefficient (Wildman–Crippen LogP) is 1.14. The van der Waals surface area contributed by atoms with Crippen LogP contribution in [0.15, 0.2) is 30.3 Å². The van der Waals surface area contributed by atoms with Crippen LogP contribution in [0.5, 0.6) is 0 Å². The molecule has 0 spiro atoms. The highest BCUT2D eigenvalue weighted by atomic mass is 32.2. The maximum Gasteiger partial charge on any atom is 0.151 e. The Kier molecular flexibility index (Phi) is 5.45. The van der Waals surface area contributed by atoms with Crippen molar-refractivity contribution in [3.63, 3.8) is 0 Å². The van der Waals surface area contributed by atoms with Gasteiger partial charge in [0.1, 0.15) is 0 Å². The summed E-state index contributed by atoms with van der Waals surface area (Å²) in [6.07, 6.45) is 0. The molecule has 0 unspecified atom stereocenters. The van der Waals surface area contributed by atoms with Gasteiger partial charge in [-0.1, -0.05) is 37.3 Å². The van der Waals surface area contributed by atoms with Crippen molar-refractivity contribution in [1.29, 1.82) is 0 Å². The van der Waals surface area contributed by atoms with E-state index < -0.39 is 9.84 Å². The Morgan fingerprint density at radius 3 is 2.56 bits per heavy atom. The van der Waals surface area contributed by atoms with Gasteiger partial charge in [-0.25, -0.2) is 13.9 Å². The van der Waals surface area contributed by atoms with E-state index in [9.17, 15) is 8.42 Å². The fourth-order valence-electron chi connectivity index (χ4n) is 1.12. The number of hydrogen-bond acceptors (Lipinski definition) is 4. The lowest BCUT2D eigenvalue weighted by Crippen LogP contribution is -2.24. The minimum atomic E-state index is -2.91. The van der Waals surface area contributed by atoms with Gasteiger partial charge in [0.25, 0.3) is 0 Å². The predicted molar refractivity (Wildman–Crippen MR) is 63.6 cm³/mol. The van der Waals surface area contributed by atoms with Crippen LogP contribution in [0.2, 0.25) is 0 Å². The van der Waals surface area contributed by atoms with E-state index in [1.165, 1.54) is 0 Å². The van der Waals surface area contributed by atoms with Crippen LogP contribution in [0.25, 0.3) is 0 Å². The summed E-state index contributed by atoms with van der Waals surface area (Å²) in [5.41, 5.74) is 3.69. The molecule has 0 radical (unpaired) electrons. The summed E-state index contributed by atoms with van der Waals surface area (Å²) in [6, 6.07) is 9.69. The lowest BCUT2D eigenvalue weighted by molar-refractivity contribution is 0.0318. The molecule has 90 valence electrons. The summed E-state index contributed by atoms with van der Waals surface area (Å²) in [5, 5.41) is 0. The second kappa shape index (κ2) is 6.62. The van der Waals surface area contributed by atoms with Gasteiger partial charge in [-0.05, 0) is 5.56 Å². The molecule has 0 aliphatic heterocycles. The van der Waals surface area contributed by atoms with Crippen LogP contribution in [-0.2, 0) is 21.3 Å². The van der Waals surface area contributed by atoms with Gasteiger partial charge >= 0.3 is 0 Å². The van der Waals surface area contributed by atoms with Crippen molar-refractivity contribution in [3.8, 4) is 0 Å². The van der Waals surface area contributed by atoms with Crippen LogP contribution in [0.1, 0.15) is 12.5 Å². The summed E-state index contributed by atoms with van der Waals surface area (Å²) in [7, 11) is -2.91. The molecule has 1 aromatic rings. The summed E-state index contributed by atoms with van der Waals surface area (Å²) in [6.45, 7) is 2.40. The van der Waals surface area contributed by atoms with E-state index in [-0.39, 0.29) is 11.5 Å². The number of nitrogens with one attached hydrogen (secondary N) is 1. The largest absolute Gasteiger partial charge is 0.297 e. The van der Waals surface area contributed by atoms with Crippen LogP contribution < -0.4 is 5.48 Å². The number of hydroxylamine groups is 1. The van der Waals surface area contributed by atoms with Crippen molar-refractivity contribution in [2.24, 2.45) is 0 Å². The van der Waals surface area contributed by atoms with Gasteiger partial charge in [-0.2, -0.15) is 0 Å². The number of benzene rings is 1. The van der Waals surface area contributed by atoms with Gasteiger partial charge in [0.2, 0.25) is 0 Å². The Hall–Kier alpha value is -0.910. The molecular weight excluding hydrogens is 226 g/mol. The molecule has 4 nitrogen and oxygen atoms in total. The maximum absolute atomic E-state index is 11.1. The molecule has 0 atom stereocenters. The lowest BCUT2D eigenvalue weighted by Gasteiger charge is -2.05. The molecule has 0 aliphatic carbocycles. The Balaban J connectivity index is 2.14. The van der Waals surface area contributed by atoms with E-state index in [2.05, 4.69) is 5.48 Å². The third-order valence-corrected chi connectivity index (χ3v) is 3.84. The van der Waals surface area contributed by atoms with Gasteiger partial charge < -0.3 is 0 Å². The zero-order chi connectivity index (χ0) is 11.9. The standard InChI is InChI=1S/C11H17NO3S/c1-2-16(13,14)9-8-12-15-10-11-6-4-3-5-7-11/h3-7,12H,2,8-10H2,1H3. The zero-order valence-electron chi connectivity index (χ0n) is 9.35. The second-order valence-electron chi connectivity index (χ2n) is 3.40. The molecule has 1 N–H and O–H groups in total. The quantitative estimate of drug-likeness (QED) is 0.576. The van der Waals surface area contributed by atoms with E-state index in [0.717, 1.165) is 5.56 Å². The normalized spacial score (nSPS) is 11.6. The molecule has 0 amide bonds. The third-order valence-electron chi connectivity index (χ3n) is 2.14. The monoisotopic (exact) mass is 243 g/mol. The highest BCUT2D eigenvalue weighted by Crippen LogP contribution is 1.98. The fraction of sp³-hybridized carbons (Fsp3) is 0.455. The molecule has 0 heterocycles.